The number of pyridine rings is 1. The predicted molar refractivity (Wildman–Crippen MR) is 187 cm³/mol. The van der Waals surface area contributed by atoms with Gasteiger partial charge in [-0.05, 0) is 140 Å². The molecule has 47 heavy (non-hydrogen) atoms. The van der Waals surface area contributed by atoms with Crippen molar-refractivity contribution < 1.29 is 19.4 Å². The van der Waals surface area contributed by atoms with E-state index in [1.165, 1.54) is 47.2 Å². The topological polar surface area (TPSA) is 80.7 Å². The van der Waals surface area contributed by atoms with Gasteiger partial charge in [0, 0.05) is 41.9 Å². The number of hydrogen-bond donors (Lipinski definition) is 2. The number of nitrogens with zero attached hydrogens (tertiary/aromatic N) is 1. The number of carbonyl (C=O) groups is 1. The molecule has 2 saturated carbocycles. The molecule has 2 aromatic carbocycles. The maximum Gasteiger partial charge on any atom is 0.329 e. The molecule has 1 spiro atoms. The average molecular weight is 657 g/mol. The van der Waals surface area contributed by atoms with E-state index in [2.05, 4.69) is 48.4 Å². The molecular formula is C40H49ClN2O4. The summed E-state index contributed by atoms with van der Waals surface area (Å²) in [5.74, 6) is 2.65. The van der Waals surface area contributed by atoms with Gasteiger partial charge in [-0.15, -0.1) is 0 Å². The Balaban J connectivity index is 1.13. The maximum absolute atomic E-state index is 12.9. The number of halogens is 1. The number of aryl methyl sites for hydroxylation is 1. The highest BCUT2D eigenvalue weighted by atomic mass is 35.5. The largest absolute Gasteiger partial charge is 0.493 e. The molecular weight excluding hydrogens is 608 g/mol. The number of benzene rings is 2. The summed E-state index contributed by atoms with van der Waals surface area (Å²) in [7, 11) is 1.79. The van der Waals surface area contributed by atoms with Crippen LogP contribution in [0.3, 0.4) is 0 Å². The Hall–Kier alpha value is -3.09. The molecule has 5 atom stereocenters. The number of aromatic nitrogens is 1. The Morgan fingerprint density at radius 2 is 1.98 bits per heavy atom. The first-order valence-corrected chi connectivity index (χ1v) is 18.1. The van der Waals surface area contributed by atoms with Gasteiger partial charge in [0.05, 0.1) is 6.61 Å². The molecule has 1 heterocycles. The van der Waals surface area contributed by atoms with Gasteiger partial charge in [-0.2, -0.15) is 0 Å². The van der Waals surface area contributed by atoms with Crippen LogP contribution >= 0.6 is 11.6 Å². The Bertz CT molecular complexity index is 1620. The van der Waals surface area contributed by atoms with E-state index in [1.54, 1.807) is 7.11 Å². The molecule has 0 radical (unpaired) electrons. The Labute approximate surface area is 284 Å². The number of nitrogens with one attached hydrogen (secondary N) is 1. The number of rotatable bonds is 11. The van der Waals surface area contributed by atoms with Crippen LogP contribution in [0.1, 0.15) is 105 Å². The van der Waals surface area contributed by atoms with Crippen LogP contribution in [-0.2, 0) is 27.8 Å². The molecule has 0 bridgehead atoms. The molecule has 3 aromatic rings. The van der Waals surface area contributed by atoms with Crippen molar-refractivity contribution >= 4 is 23.3 Å². The highest BCUT2D eigenvalue weighted by Gasteiger charge is 2.54. The van der Waals surface area contributed by atoms with E-state index in [4.69, 9.17) is 21.1 Å². The number of methoxy groups -OCH3 is 1. The quantitative estimate of drug-likeness (QED) is 0.214. The lowest BCUT2D eigenvalue weighted by molar-refractivity contribution is -0.144. The SMILES string of the molecule is COC[C@@H]1C[C@H]1c1ccc2c(c1)C1(CCC(Nc3cccc(Cl)c3)(C(=O)O)CC1)[C@@H](C[C@@H](C)COc1ccnc3c1[C@H](C)CCC3)C2. The molecule has 2 fully saturated rings. The third-order valence-corrected chi connectivity index (χ3v) is 12.3. The van der Waals surface area contributed by atoms with Crippen LogP contribution in [0.5, 0.6) is 5.75 Å². The third kappa shape index (κ3) is 6.28. The Morgan fingerprint density at radius 3 is 2.74 bits per heavy atom. The first-order valence-electron chi connectivity index (χ1n) is 17.7. The molecule has 7 heteroatoms. The van der Waals surface area contributed by atoms with Crippen molar-refractivity contribution in [3.63, 3.8) is 0 Å². The summed E-state index contributed by atoms with van der Waals surface area (Å²) in [6, 6.07) is 16.7. The van der Waals surface area contributed by atoms with E-state index in [9.17, 15) is 9.90 Å². The number of carboxylic acids is 1. The fourth-order valence-electron chi connectivity index (χ4n) is 9.40. The summed E-state index contributed by atoms with van der Waals surface area (Å²) in [4.78, 5) is 17.6. The van der Waals surface area contributed by atoms with Gasteiger partial charge in [0.2, 0.25) is 0 Å². The van der Waals surface area contributed by atoms with Crippen LogP contribution in [0.4, 0.5) is 5.69 Å². The van der Waals surface area contributed by atoms with Gasteiger partial charge in [-0.3, -0.25) is 4.98 Å². The zero-order chi connectivity index (χ0) is 32.8. The van der Waals surface area contributed by atoms with Gasteiger partial charge in [0.25, 0.3) is 0 Å². The fourth-order valence-corrected chi connectivity index (χ4v) is 9.59. The van der Waals surface area contributed by atoms with Gasteiger partial charge < -0.3 is 19.9 Å². The van der Waals surface area contributed by atoms with E-state index in [1.807, 2.05) is 30.5 Å². The molecule has 0 aliphatic heterocycles. The lowest BCUT2D eigenvalue weighted by Crippen LogP contribution is -2.53. The summed E-state index contributed by atoms with van der Waals surface area (Å²) < 4.78 is 12.1. The van der Waals surface area contributed by atoms with Crippen molar-refractivity contribution in [2.75, 3.05) is 25.6 Å². The third-order valence-electron chi connectivity index (χ3n) is 12.0. The van der Waals surface area contributed by atoms with Crippen molar-refractivity contribution in [2.45, 2.75) is 101 Å². The molecule has 0 amide bonds. The number of fused-ring (bicyclic) bond motifs is 3. The summed E-state index contributed by atoms with van der Waals surface area (Å²) >= 11 is 6.28. The number of aliphatic carboxylic acids is 1. The minimum absolute atomic E-state index is 0.0510. The summed E-state index contributed by atoms with van der Waals surface area (Å²) in [6.07, 6.45) is 11.4. The van der Waals surface area contributed by atoms with Crippen molar-refractivity contribution in [1.82, 2.24) is 4.98 Å². The van der Waals surface area contributed by atoms with Crippen molar-refractivity contribution in [1.29, 1.82) is 0 Å². The second-order valence-electron chi connectivity index (χ2n) is 15.2. The molecule has 250 valence electrons. The number of hydrogen-bond acceptors (Lipinski definition) is 5. The molecule has 2 N–H and O–H groups in total. The molecule has 6 nitrogen and oxygen atoms in total. The Morgan fingerprint density at radius 1 is 1.15 bits per heavy atom. The molecule has 4 aliphatic rings. The van der Waals surface area contributed by atoms with Gasteiger partial charge in [-0.25, -0.2) is 4.79 Å². The highest BCUT2D eigenvalue weighted by Crippen LogP contribution is 2.58. The van der Waals surface area contributed by atoms with Crippen molar-refractivity contribution in [2.24, 2.45) is 17.8 Å². The number of anilines is 1. The van der Waals surface area contributed by atoms with E-state index in [0.717, 1.165) is 50.1 Å². The summed E-state index contributed by atoms with van der Waals surface area (Å²) in [5.41, 5.74) is 6.53. The monoisotopic (exact) mass is 656 g/mol. The van der Waals surface area contributed by atoms with Crippen molar-refractivity contribution in [3.8, 4) is 5.75 Å². The van der Waals surface area contributed by atoms with Crippen LogP contribution in [-0.4, -0.2) is 41.9 Å². The van der Waals surface area contributed by atoms with Gasteiger partial charge >= 0.3 is 5.97 Å². The normalized spacial score (nSPS) is 30.0. The maximum atomic E-state index is 12.9. The predicted octanol–water partition coefficient (Wildman–Crippen LogP) is 8.95. The number of carboxylic acid groups (broad SMARTS) is 1. The standard InChI is InChI=1S/C40H49ClN2O4/c1-25(23-47-36-12-17-42-35-9-4-6-26(2)37(35)36)18-30-19-28-11-10-27(33-20-29(33)24-46-3)21-34(28)39(30)13-15-40(16-14-39,38(44)45)43-32-8-5-7-31(41)22-32/h5,7-8,10-12,17,21-22,25-26,29-30,33,43H,4,6,9,13-16,18-20,23-24H2,1-3H3,(H,44,45)/t25-,26-,29+,30+,33+,39?,40?/m1/s1. The van der Waals surface area contributed by atoms with Crippen molar-refractivity contribution in [3.05, 3.63) is 87.7 Å². The lowest BCUT2D eigenvalue weighted by atomic mass is 9.59. The highest BCUT2D eigenvalue weighted by molar-refractivity contribution is 6.30. The fraction of sp³-hybridized carbons (Fsp3) is 0.550. The second kappa shape index (κ2) is 13.1. The van der Waals surface area contributed by atoms with E-state index < -0.39 is 11.5 Å². The van der Waals surface area contributed by atoms with Gasteiger partial charge in [-0.1, -0.05) is 49.7 Å². The van der Waals surface area contributed by atoms with E-state index in [-0.39, 0.29) is 5.41 Å². The molecule has 0 saturated heterocycles. The molecule has 7 rings (SSSR count). The van der Waals surface area contributed by atoms with E-state index >= 15 is 0 Å². The first-order chi connectivity index (χ1) is 22.7. The van der Waals surface area contributed by atoms with Crippen LogP contribution < -0.4 is 10.1 Å². The minimum atomic E-state index is -1.02. The molecule has 0 unspecified atom stereocenters. The lowest BCUT2D eigenvalue weighted by Gasteiger charge is -2.47. The first kappa shape index (κ1) is 32.5. The van der Waals surface area contributed by atoms with Crippen LogP contribution in [0.25, 0.3) is 0 Å². The molecule has 1 aromatic heterocycles. The van der Waals surface area contributed by atoms with Gasteiger partial charge in [0.1, 0.15) is 11.3 Å². The van der Waals surface area contributed by atoms with Crippen LogP contribution in [0, 0.1) is 17.8 Å². The van der Waals surface area contributed by atoms with E-state index in [0.29, 0.717) is 54.1 Å². The zero-order valence-electron chi connectivity index (χ0n) is 28.1. The minimum Gasteiger partial charge on any atom is -0.493 e. The second-order valence-corrected chi connectivity index (χ2v) is 15.6. The zero-order valence-corrected chi connectivity index (χ0v) is 28.8. The molecule has 4 aliphatic carbocycles. The number of ether oxygens (including phenoxy) is 2. The van der Waals surface area contributed by atoms with Crippen LogP contribution in [0.2, 0.25) is 5.02 Å². The van der Waals surface area contributed by atoms with Gasteiger partial charge in [0.15, 0.2) is 0 Å². The smallest absolute Gasteiger partial charge is 0.329 e. The summed E-state index contributed by atoms with van der Waals surface area (Å²) in [6.45, 7) is 6.10. The summed E-state index contributed by atoms with van der Waals surface area (Å²) in [5, 5.41) is 14.6. The average Bonchev–Trinajstić information content (AvgIpc) is 3.77. The van der Waals surface area contributed by atoms with Crippen LogP contribution in [0.15, 0.2) is 54.7 Å². The Kier molecular flexibility index (Phi) is 9.03.